The van der Waals surface area contributed by atoms with Crippen molar-refractivity contribution >= 4 is 22.5 Å². The molecule has 2 aromatic heterocycles. The van der Waals surface area contributed by atoms with Gasteiger partial charge in [0.25, 0.3) is 11.5 Å². The van der Waals surface area contributed by atoms with Crippen molar-refractivity contribution in [2.45, 2.75) is 59.5 Å². The molecule has 3 heterocycles. The summed E-state index contributed by atoms with van der Waals surface area (Å²) in [5, 5.41) is 11.9. The maximum absolute atomic E-state index is 13.5. The standard InChI is InChI=1S/C26H36N6O2/c1-5-7-19-12-18(4)30-26(34)22(19)15-28-25(33)21-13-20(31-10-6-8-27-9-11-31)14-24-23(21)16-29-32(24)17(2)3/h12-14,16-17,27H,5-11,15H2,1-4H3,(H,28,33)(H,30,34). The number of H-pyrrole nitrogens is 1. The molecule has 1 fully saturated rings. The lowest BCUT2D eigenvalue weighted by atomic mass is 10.0. The Hall–Kier alpha value is -3.13. The third-order valence-corrected chi connectivity index (χ3v) is 6.45. The van der Waals surface area contributed by atoms with Crippen LogP contribution in [0.25, 0.3) is 10.9 Å². The Labute approximate surface area is 200 Å². The third kappa shape index (κ3) is 5.01. The lowest BCUT2D eigenvalue weighted by Gasteiger charge is -2.23. The van der Waals surface area contributed by atoms with Crippen molar-refractivity contribution in [3.05, 3.63) is 57.1 Å². The summed E-state index contributed by atoms with van der Waals surface area (Å²) in [6.45, 7) is 12.1. The van der Waals surface area contributed by atoms with E-state index in [1.807, 2.05) is 23.7 Å². The summed E-state index contributed by atoms with van der Waals surface area (Å²) in [5.41, 5.74) is 4.91. The highest BCUT2D eigenvalue weighted by atomic mass is 16.1. The molecule has 3 N–H and O–H groups in total. The number of amides is 1. The van der Waals surface area contributed by atoms with Gasteiger partial charge in [-0.25, -0.2) is 0 Å². The van der Waals surface area contributed by atoms with Gasteiger partial charge in [-0.15, -0.1) is 0 Å². The summed E-state index contributed by atoms with van der Waals surface area (Å²) in [4.78, 5) is 31.3. The molecule has 0 bridgehead atoms. The number of aryl methyl sites for hydroxylation is 2. The molecule has 1 aliphatic heterocycles. The summed E-state index contributed by atoms with van der Waals surface area (Å²) in [7, 11) is 0. The van der Waals surface area contributed by atoms with Gasteiger partial charge in [0.1, 0.15) is 0 Å². The number of hydrogen-bond donors (Lipinski definition) is 3. The van der Waals surface area contributed by atoms with Crippen LogP contribution in [0.5, 0.6) is 0 Å². The highest BCUT2D eigenvalue weighted by Gasteiger charge is 2.20. The number of anilines is 1. The molecule has 0 atom stereocenters. The number of aromatic amines is 1. The zero-order valence-corrected chi connectivity index (χ0v) is 20.7. The highest BCUT2D eigenvalue weighted by Crippen LogP contribution is 2.29. The van der Waals surface area contributed by atoms with Crippen LogP contribution in [0.2, 0.25) is 0 Å². The van der Waals surface area contributed by atoms with E-state index >= 15 is 0 Å². The predicted molar refractivity (Wildman–Crippen MR) is 137 cm³/mol. The molecule has 1 aliphatic rings. The van der Waals surface area contributed by atoms with E-state index in [4.69, 9.17) is 0 Å². The summed E-state index contributed by atoms with van der Waals surface area (Å²) in [6, 6.07) is 6.30. The van der Waals surface area contributed by atoms with Crippen LogP contribution in [-0.2, 0) is 13.0 Å². The first-order chi connectivity index (χ1) is 16.4. The minimum Gasteiger partial charge on any atom is -0.370 e. The predicted octanol–water partition coefficient (Wildman–Crippen LogP) is 3.30. The zero-order chi connectivity index (χ0) is 24.2. The summed E-state index contributed by atoms with van der Waals surface area (Å²) in [6.07, 6.45) is 4.57. The van der Waals surface area contributed by atoms with Crippen LogP contribution in [0.4, 0.5) is 5.69 Å². The van der Waals surface area contributed by atoms with Gasteiger partial charge >= 0.3 is 0 Å². The molecule has 0 unspecified atom stereocenters. The van der Waals surface area contributed by atoms with Crippen LogP contribution in [0, 0.1) is 6.92 Å². The van der Waals surface area contributed by atoms with E-state index in [1.165, 1.54) is 0 Å². The number of nitrogens with zero attached hydrogens (tertiary/aromatic N) is 3. The maximum Gasteiger partial charge on any atom is 0.253 e. The molecule has 0 radical (unpaired) electrons. The first kappa shape index (κ1) is 24.0. The van der Waals surface area contributed by atoms with E-state index in [0.29, 0.717) is 11.1 Å². The van der Waals surface area contributed by atoms with Gasteiger partial charge in [-0.2, -0.15) is 5.10 Å². The molecule has 1 saturated heterocycles. The van der Waals surface area contributed by atoms with Crippen molar-refractivity contribution in [3.63, 3.8) is 0 Å². The first-order valence-corrected chi connectivity index (χ1v) is 12.4. The minimum absolute atomic E-state index is 0.132. The molecular weight excluding hydrogens is 428 g/mol. The molecule has 4 rings (SSSR count). The molecule has 0 saturated carbocycles. The monoisotopic (exact) mass is 464 g/mol. The Bertz CT molecular complexity index is 1220. The van der Waals surface area contributed by atoms with Crippen molar-refractivity contribution in [2.24, 2.45) is 0 Å². The van der Waals surface area contributed by atoms with E-state index in [9.17, 15) is 9.59 Å². The quantitative estimate of drug-likeness (QED) is 0.499. The van der Waals surface area contributed by atoms with Crippen LogP contribution in [-0.4, -0.2) is 46.9 Å². The van der Waals surface area contributed by atoms with E-state index in [0.717, 1.165) is 73.3 Å². The van der Waals surface area contributed by atoms with Gasteiger partial charge in [0.15, 0.2) is 0 Å². The number of carbonyl (C=O) groups excluding carboxylic acids is 1. The molecule has 0 spiro atoms. The first-order valence-electron chi connectivity index (χ1n) is 12.4. The van der Waals surface area contributed by atoms with Gasteiger partial charge in [0.05, 0.1) is 17.3 Å². The molecule has 3 aromatic rings. The van der Waals surface area contributed by atoms with Crippen molar-refractivity contribution < 1.29 is 4.79 Å². The van der Waals surface area contributed by atoms with Gasteiger partial charge < -0.3 is 20.5 Å². The van der Waals surface area contributed by atoms with Gasteiger partial charge in [-0.3, -0.25) is 14.3 Å². The average molecular weight is 465 g/mol. The number of nitrogens with one attached hydrogen (secondary N) is 3. The van der Waals surface area contributed by atoms with Crippen LogP contribution in [0.1, 0.15) is 66.8 Å². The van der Waals surface area contributed by atoms with Crippen LogP contribution >= 0.6 is 0 Å². The van der Waals surface area contributed by atoms with Crippen molar-refractivity contribution in [3.8, 4) is 0 Å². The lowest BCUT2D eigenvalue weighted by molar-refractivity contribution is 0.0952. The van der Waals surface area contributed by atoms with E-state index < -0.39 is 0 Å². The number of fused-ring (bicyclic) bond motifs is 1. The Kier molecular flexibility index (Phi) is 7.36. The smallest absolute Gasteiger partial charge is 0.253 e. The summed E-state index contributed by atoms with van der Waals surface area (Å²) >= 11 is 0. The van der Waals surface area contributed by atoms with Crippen molar-refractivity contribution in [1.82, 2.24) is 25.4 Å². The molecule has 1 aromatic carbocycles. The van der Waals surface area contributed by atoms with Gasteiger partial charge in [-0.1, -0.05) is 13.3 Å². The Balaban J connectivity index is 1.69. The number of hydrogen-bond acceptors (Lipinski definition) is 5. The second kappa shape index (κ2) is 10.4. The number of benzene rings is 1. The summed E-state index contributed by atoms with van der Waals surface area (Å²) in [5.74, 6) is -0.189. The molecule has 8 heteroatoms. The molecular formula is C26H36N6O2. The van der Waals surface area contributed by atoms with Crippen LogP contribution < -0.4 is 21.1 Å². The van der Waals surface area contributed by atoms with Crippen molar-refractivity contribution in [2.75, 3.05) is 31.1 Å². The highest BCUT2D eigenvalue weighted by molar-refractivity contribution is 6.07. The topological polar surface area (TPSA) is 95.1 Å². The van der Waals surface area contributed by atoms with Crippen LogP contribution in [0.3, 0.4) is 0 Å². The fourth-order valence-electron chi connectivity index (χ4n) is 4.75. The average Bonchev–Trinajstić information content (AvgIpc) is 3.04. The molecule has 1 amide bonds. The fourth-order valence-corrected chi connectivity index (χ4v) is 4.75. The largest absolute Gasteiger partial charge is 0.370 e. The second-order valence-corrected chi connectivity index (χ2v) is 9.42. The SMILES string of the molecule is CCCc1cc(C)[nH]c(=O)c1CNC(=O)c1cc(N2CCCNCC2)cc2c1cnn2C(C)C. The third-order valence-electron chi connectivity index (χ3n) is 6.45. The van der Waals surface area contributed by atoms with Crippen molar-refractivity contribution in [1.29, 1.82) is 0 Å². The fraction of sp³-hybridized carbons (Fsp3) is 0.500. The Morgan fingerprint density at radius 1 is 1.21 bits per heavy atom. The lowest BCUT2D eigenvalue weighted by Crippen LogP contribution is -2.30. The normalized spacial score (nSPS) is 14.6. The number of aromatic nitrogens is 3. The minimum atomic E-state index is -0.189. The van der Waals surface area contributed by atoms with E-state index in [2.05, 4.69) is 52.5 Å². The number of pyridine rings is 1. The van der Waals surface area contributed by atoms with Gasteiger partial charge in [0.2, 0.25) is 0 Å². The summed E-state index contributed by atoms with van der Waals surface area (Å²) < 4.78 is 1.97. The molecule has 182 valence electrons. The molecule has 8 nitrogen and oxygen atoms in total. The zero-order valence-electron chi connectivity index (χ0n) is 20.7. The van der Waals surface area contributed by atoms with Gasteiger partial charge in [-0.05, 0) is 63.9 Å². The van der Waals surface area contributed by atoms with E-state index in [1.54, 1.807) is 6.20 Å². The van der Waals surface area contributed by atoms with E-state index in [-0.39, 0.29) is 24.1 Å². The molecule has 0 aliphatic carbocycles. The number of carbonyl (C=O) groups is 1. The Morgan fingerprint density at radius 2 is 2.03 bits per heavy atom. The Morgan fingerprint density at radius 3 is 2.79 bits per heavy atom. The number of rotatable bonds is 7. The second-order valence-electron chi connectivity index (χ2n) is 9.42. The van der Waals surface area contributed by atoms with Crippen LogP contribution in [0.15, 0.2) is 29.2 Å². The van der Waals surface area contributed by atoms with Gasteiger partial charge in [0, 0.05) is 54.6 Å². The maximum atomic E-state index is 13.5. The molecule has 34 heavy (non-hydrogen) atoms.